The van der Waals surface area contributed by atoms with Gasteiger partial charge in [0.25, 0.3) is 15.9 Å². The van der Waals surface area contributed by atoms with Crippen LogP contribution in [0, 0.1) is 6.92 Å². The number of aryl methyl sites for hydroxylation is 1. The van der Waals surface area contributed by atoms with E-state index < -0.39 is 15.9 Å². The van der Waals surface area contributed by atoms with Crippen LogP contribution < -0.4 is 4.74 Å². The molecule has 2 aromatic carbocycles. The largest absolute Gasteiger partial charge is 0.497 e. The summed E-state index contributed by atoms with van der Waals surface area (Å²) in [7, 11) is -1.06. The summed E-state index contributed by atoms with van der Waals surface area (Å²) in [5.74, 6) is 0.0796. The molecule has 3 rings (SSSR count). The highest BCUT2D eigenvalue weighted by Gasteiger charge is 2.30. The molecule has 0 saturated heterocycles. The van der Waals surface area contributed by atoms with Crippen molar-refractivity contribution in [3.8, 4) is 5.75 Å². The predicted molar refractivity (Wildman–Crippen MR) is 95.8 cm³/mol. The fourth-order valence-electron chi connectivity index (χ4n) is 2.78. The average molecular weight is 357 g/mol. The Bertz CT molecular complexity index is 959. The number of carbonyl (C=O) groups excluding carboxylic acids is 1. The number of rotatable bonds is 4. The summed E-state index contributed by atoms with van der Waals surface area (Å²) in [6, 6.07) is 11.9. The summed E-state index contributed by atoms with van der Waals surface area (Å²) in [5, 5.41) is 0. The monoisotopic (exact) mass is 357 g/mol. The van der Waals surface area contributed by atoms with Gasteiger partial charge in [0.2, 0.25) is 0 Å². The molecular weight excluding hydrogens is 338 g/mol. The SMILES string of the molecule is COc1ccc2c(c1)C(C(=O)N(C)S(=O)(=O)c1ccc(C)cc1)=CC2. The van der Waals surface area contributed by atoms with E-state index in [0.29, 0.717) is 17.7 Å². The highest BCUT2D eigenvalue weighted by molar-refractivity contribution is 7.89. The van der Waals surface area contributed by atoms with Crippen molar-refractivity contribution in [3.05, 3.63) is 65.2 Å². The zero-order chi connectivity index (χ0) is 18.2. The van der Waals surface area contributed by atoms with Gasteiger partial charge in [0.1, 0.15) is 5.75 Å². The van der Waals surface area contributed by atoms with Crippen molar-refractivity contribution in [1.29, 1.82) is 0 Å². The number of sulfonamides is 1. The number of hydrogen-bond acceptors (Lipinski definition) is 4. The highest BCUT2D eigenvalue weighted by atomic mass is 32.2. The Morgan fingerprint density at radius 3 is 2.44 bits per heavy atom. The molecule has 0 saturated carbocycles. The van der Waals surface area contributed by atoms with Crippen LogP contribution in [0.15, 0.2) is 53.4 Å². The zero-order valence-electron chi connectivity index (χ0n) is 14.3. The van der Waals surface area contributed by atoms with Crippen molar-refractivity contribution in [2.45, 2.75) is 18.2 Å². The molecule has 6 heteroatoms. The Hall–Kier alpha value is -2.60. The standard InChI is InChI=1S/C19H19NO4S/c1-13-4-9-16(10-5-13)25(22,23)20(2)19(21)17-11-7-14-6-8-15(24-3)12-18(14)17/h4-6,8-12H,7H2,1-3H3. The van der Waals surface area contributed by atoms with Crippen LogP contribution in [0.5, 0.6) is 5.75 Å². The summed E-state index contributed by atoms with van der Waals surface area (Å²) < 4.78 is 31.5. The molecule has 0 aliphatic heterocycles. The highest BCUT2D eigenvalue weighted by Crippen LogP contribution is 2.32. The Morgan fingerprint density at radius 2 is 1.80 bits per heavy atom. The quantitative estimate of drug-likeness (QED) is 0.844. The minimum atomic E-state index is -3.90. The van der Waals surface area contributed by atoms with Crippen molar-refractivity contribution in [2.75, 3.05) is 14.2 Å². The number of fused-ring (bicyclic) bond motifs is 1. The zero-order valence-corrected chi connectivity index (χ0v) is 15.1. The van der Waals surface area contributed by atoms with Gasteiger partial charge in [0.05, 0.1) is 12.0 Å². The Balaban J connectivity index is 1.93. The molecule has 1 amide bonds. The van der Waals surface area contributed by atoms with E-state index in [-0.39, 0.29) is 4.90 Å². The molecule has 130 valence electrons. The topological polar surface area (TPSA) is 63.7 Å². The Kier molecular flexibility index (Phi) is 4.39. The number of ether oxygens (including phenoxy) is 1. The molecule has 0 heterocycles. The molecule has 0 bridgehead atoms. The normalized spacial score (nSPS) is 13.2. The molecule has 1 aliphatic rings. The predicted octanol–water partition coefficient (Wildman–Crippen LogP) is 2.79. The smallest absolute Gasteiger partial charge is 0.267 e. The van der Waals surface area contributed by atoms with Crippen LogP contribution in [0.2, 0.25) is 0 Å². The van der Waals surface area contributed by atoms with Crippen LogP contribution >= 0.6 is 0 Å². The lowest BCUT2D eigenvalue weighted by atomic mass is 10.0. The van der Waals surface area contributed by atoms with Gasteiger partial charge < -0.3 is 4.74 Å². The lowest BCUT2D eigenvalue weighted by Crippen LogP contribution is -2.33. The second-order valence-corrected chi connectivity index (χ2v) is 7.91. The second-order valence-electron chi connectivity index (χ2n) is 5.94. The minimum Gasteiger partial charge on any atom is -0.497 e. The van der Waals surface area contributed by atoms with E-state index >= 15 is 0 Å². The maximum atomic E-state index is 12.8. The van der Waals surface area contributed by atoms with Crippen LogP contribution in [-0.4, -0.2) is 32.8 Å². The number of methoxy groups -OCH3 is 1. The first-order valence-corrected chi connectivity index (χ1v) is 9.26. The summed E-state index contributed by atoms with van der Waals surface area (Å²) in [6.07, 6.45) is 2.35. The summed E-state index contributed by atoms with van der Waals surface area (Å²) in [5.41, 5.74) is 3.03. The van der Waals surface area contributed by atoms with Crippen molar-refractivity contribution >= 4 is 21.5 Å². The number of hydrogen-bond donors (Lipinski definition) is 0. The first-order chi connectivity index (χ1) is 11.8. The maximum Gasteiger partial charge on any atom is 0.267 e. The third-order valence-electron chi connectivity index (χ3n) is 4.33. The van der Waals surface area contributed by atoms with Gasteiger partial charge in [-0.25, -0.2) is 12.7 Å². The van der Waals surface area contributed by atoms with Crippen molar-refractivity contribution < 1.29 is 17.9 Å². The van der Waals surface area contributed by atoms with Crippen LogP contribution in [0.3, 0.4) is 0 Å². The lowest BCUT2D eigenvalue weighted by Gasteiger charge is -2.19. The molecule has 25 heavy (non-hydrogen) atoms. The first-order valence-electron chi connectivity index (χ1n) is 7.82. The molecule has 5 nitrogen and oxygen atoms in total. The van der Waals surface area contributed by atoms with Crippen LogP contribution in [0.4, 0.5) is 0 Å². The fraction of sp³-hybridized carbons (Fsp3) is 0.211. The van der Waals surface area contributed by atoms with Gasteiger partial charge in [-0.3, -0.25) is 4.79 Å². The van der Waals surface area contributed by atoms with E-state index in [4.69, 9.17) is 4.74 Å². The van der Waals surface area contributed by atoms with Gasteiger partial charge in [-0.05, 0) is 48.7 Å². The van der Waals surface area contributed by atoms with Gasteiger partial charge in [0.15, 0.2) is 0 Å². The fourth-order valence-corrected chi connectivity index (χ4v) is 3.90. The summed E-state index contributed by atoms with van der Waals surface area (Å²) in [6.45, 7) is 1.87. The molecule has 0 fully saturated rings. The molecule has 0 atom stereocenters. The second kappa shape index (κ2) is 6.37. The Labute approximate surface area is 147 Å². The van der Waals surface area contributed by atoms with Crippen molar-refractivity contribution in [3.63, 3.8) is 0 Å². The maximum absolute atomic E-state index is 12.8. The molecular formula is C19H19NO4S. The average Bonchev–Trinajstić information content (AvgIpc) is 3.03. The molecule has 0 N–H and O–H groups in total. The first kappa shape index (κ1) is 17.2. The number of likely N-dealkylation sites (N-methyl/N-ethyl adjacent to an activating group) is 1. The van der Waals surface area contributed by atoms with Crippen LogP contribution in [0.25, 0.3) is 5.57 Å². The van der Waals surface area contributed by atoms with Crippen LogP contribution in [0.1, 0.15) is 16.7 Å². The number of nitrogens with zero attached hydrogens (tertiary/aromatic N) is 1. The van der Waals surface area contributed by atoms with Crippen LogP contribution in [-0.2, 0) is 21.2 Å². The minimum absolute atomic E-state index is 0.0958. The molecule has 0 radical (unpaired) electrons. The van der Waals surface area contributed by atoms with E-state index in [2.05, 4.69) is 0 Å². The molecule has 2 aromatic rings. The van der Waals surface area contributed by atoms with Gasteiger partial charge in [-0.15, -0.1) is 0 Å². The van der Waals surface area contributed by atoms with Gasteiger partial charge in [0, 0.05) is 12.6 Å². The third-order valence-corrected chi connectivity index (χ3v) is 6.08. The van der Waals surface area contributed by atoms with E-state index in [1.807, 2.05) is 19.1 Å². The van der Waals surface area contributed by atoms with E-state index in [1.165, 1.54) is 19.2 Å². The van der Waals surface area contributed by atoms with E-state index in [0.717, 1.165) is 21.0 Å². The molecule has 0 unspecified atom stereocenters. The molecule has 0 spiro atoms. The third kappa shape index (κ3) is 3.05. The van der Waals surface area contributed by atoms with Crippen molar-refractivity contribution in [2.24, 2.45) is 0 Å². The number of benzene rings is 2. The number of amides is 1. The number of carbonyl (C=O) groups is 1. The molecule has 0 aromatic heterocycles. The molecule has 1 aliphatic carbocycles. The summed E-state index contributed by atoms with van der Waals surface area (Å²) in [4.78, 5) is 12.9. The Morgan fingerprint density at radius 1 is 1.12 bits per heavy atom. The van der Waals surface area contributed by atoms with Gasteiger partial charge in [-0.1, -0.05) is 29.8 Å². The van der Waals surface area contributed by atoms with Gasteiger partial charge >= 0.3 is 0 Å². The summed E-state index contributed by atoms with van der Waals surface area (Å²) >= 11 is 0. The lowest BCUT2D eigenvalue weighted by molar-refractivity contribution is -0.119. The van der Waals surface area contributed by atoms with Crippen molar-refractivity contribution in [1.82, 2.24) is 4.31 Å². The van der Waals surface area contributed by atoms with E-state index in [1.54, 1.807) is 31.4 Å². The number of allylic oxidation sites excluding steroid dienone is 1. The van der Waals surface area contributed by atoms with Gasteiger partial charge in [-0.2, -0.15) is 0 Å². The van der Waals surface area contributed by atoms with E-state index in [9.17, 15) is 13.2 Å².